The van der Waals surface area contributed by atoms with Crippen LogP contribution >= 0.6 is 0 Å². The maximum atomic E-state index is 12.9. The molecule has 0 saturated heterocycles. The zero-order valence-corrected chi connectivity index (χ0v) is 22.2. The van der Waals surface area contributed by atoms with Crippen molar-refractivity contribution >= 4 is 23.6 Å². The van der Waals surface area contributed by atoms with Crippen molar-refractivity contribution in [1.82, 2.24) is 20.0 Å². The Morgan fingerprint density at radius 1 is 0.947 bits per heavy atom. The number of nitrogens with one attached hydrogen (secondary N) is 2. The fourth-order valence-electron chi connectivity index (χ4n) is 3.41. The van der Waals surface area contributed by atoms with Crippen LogP contribution in [-0.2, 0) is 14.3 Å². The minimum Gasteiger partial charge on any atom is -0.467 e. The maximum absolute atomic E-state index is 12.9. The summed E-state index contributed by atoms with van der Waals surface area (Å²) in [6, 6.07) is 9.10. The number of methoxy groups -OCH3 is 1. The summed E-state index contributed by atoms with van der Waals surface area (Å²) in [5.41, 5.74) is 0.675. The Morgan fingerprint density at radius 3 is 2.21 bits per heavy atom. The number of carbonyl (C=O) groups excluding carboxylic acids is 3. The minimum absolute atomic E-state index is 0.303. The van der Waals surface area contributed by atoms with E-state index >= 15 is 0 Å². The molecule has 2 amide bonds. The topological polar surface area (TPSA) is 111 Å². The van der Waals surface area contributed by atoms with Crippen LogP contribution in [0.4, 0.5) is 4.79 Å². The molecule has 9 nitrogen and oxygen atoms in total. The van der Waals surface area contributed by atoms with E-state index in [4.69, 9.17) is 9.47 Å². The van der Waals surface area contributed by atoms with Gasteiger partial charge in [-0.3, -0.25) is 4.79 Å². The summed E-state index contributed by atoms with van der Waals surface area (Å²) in [6.45, 7) is 8.35. The van der Waals surface area contributed by atoms with Gasteiger partial charge in [-0.25, -0.2) is 14.6 Å². The van der Waals surface area contributed by atoms with E-state index in [9.17, 15) is 14.4 Å². The van der Waals surface area contributed by atoms with Crippen molar-refractivity contribution in [2.75, 3.05) is 7.11 Å². The number of nitrogens with zero attached hydrogens (tertiary/aromatic N) is 2. The minimum atomic E-state index is -1.21. The van der Waals surface area contributed by atoms with Gasteiger partial charge in [-0.1, -0.05) is 11.8 Å². The number of pyridine rings is 1. The highest BCUT2D eigenvalue weighted by Gasteiger charge is 2.39. The van der Waals surface area contributed by atoms with E-state index in [1.165, 1.54) is 7.11 Å². The third-order valence-corrected chi connectivity index (χ3v) is 5.27. The molecule has 0 aliphatic rings. The molecule has 1 aromatic carbocycles. The quantitative estimate of drug-likeness (QED) is 0.399. The van der Waals surface area contributed by atoms with E-state index in [2.05, 4.69) is 39.3 Å². The Balaban J connectivity index is 1.67. The third-order valence-electron chi connectivity index (χ3n) is 5.27. The number of esters is 1. The van der Waals surface area contributed by atoms with Gasteiger partial charge in [0, 0.05) is 35.3 Å². The van der Waals surface area contributed by atoms with E-state index in [0.29, 0.717) is 11.1 Å². The molecule has 0 saturated carbocycles. The molecule has 0 radical (unpaired) electrons. The van der Waals surface area contributed by atoms with Crippen molar-refractivity contribution in [2.45, 2.75) is 51.8 Å². The van der Waals surface area contributed by atoms with Crippen LogP contribution in [0.1, 0.15) is 56.1 Å². The van der Waals surface area contributed by atoms with Crippen LogP contribution in [-0.4, -0.2) is 51.6 Å². The van der Waals surface area contributed by atoms with E-state index in [0.717, 1.165) is 11.2 Å². The third kappa shape index (κ3) is 7.62. The van der Waals surface area contributed by atoms with E-state index in [1.54, 1.807) is 65.1 Å². The number of benzene rings is 1. The lowest BCUT2D eigenvalue weighted by Gasteiger charge is -2.34. The predicted molar refractivity (Wildman–Crippen MR) is 142 cm³/mol. The molecule has 2 N–H and O–H groups in total. The van der Waals surface area contributed by atoms with E-state index in [1.807, 2.05) is 28.9 Å². The van der Waals surface area contributed by atoms with Crippen LogP contribution in [0.3, 0.4) is 0 Å². The van der Waals surface area contributed by atoms with Crippen LogP contribution < -0.4 is 10.6 Å². The van der Waals surface area contributed by atoms with Crippen LogP contribution in [0.15, 0.2) is 55.0 Å². The molecule has 2 aromatic heterocycles. The van der Waals surface area contributed by atoms with Gasteiger partial charge in [0.1, 0.15) is 17.3 Å². The highest BCUT2D eigenvalue weighted by molar-refractivity contribution is 5.97. The number of rotatable bonds is 5. The molecule has 0 bridgehead atoms. The zero-order chi connectivity index (χ0) is 27.9. The summed E-state index contributed by atoms with van der Waals surface area (Å²) in [5.74, 6) is 10.3. The molecule has 3 aromatic rings. The van der Waals surface area contributed by atoms with Gasteiger partial charge < -0.3 is 24.5 Å². The Morgan fingerprint density at radius 2 is 1.58 bits per heavy atom. The average Bonchev–Trinajstić information content (AvgIpc) is 3.31. The first kappa shape index (κ1) is 27.8. The Hall–Kier alpha value is -4.76. The maximum Gasteiger partial charge on any atom is 0.408 e. The van der Waals surface area contributed by atoms with Crippen molar-refractivity contribution in [3.8, 4) is 23.7 Å². The number of aromatic nitrogens is 2. The van der Waals surface area contributed by atoms with Crippen molar-refractivity contribution in [3.63, 3.8) is 0 Å². The molecule has 2 heterocycles. The summed E-state index contributed by atoms with van der Waals surface area (Å²) < 4.78 is 12.0. The predicted octanol–water partition coefficient (Wildman–Crippen LogP) is 3.31. The number of hydrogen-bond donors (Lipinski definition) is 2. The first-order valence-electron chi connectivity index (χ1n) is 11.8. The number of imidazole rings is 1. The van der Waals surface area contributed by atoms with Crippen LogP contribution in [0.5, 0.6) is 0 Å². The van der Waals surface area contributed by atoms with Crippen LogP contribution in [0.25, 0.3) is 5.65 Å². The van der Waals surface area contributed by atoms with Gasteiger partial charge in [0.2, 0.25) is 0 Å². The molecule has 0 aliphatic carbocycles. The molecular formula is C29H30N4O5. The smallest absolute Gasteiger partial charge is 0.408 e. The monoisotopic (exact) mass is 514 g/mol. The number of alkyl carbamates (subject to hydrolysis) is 1. The molecule has 0 spiro atoms. The molecule has 1 atom stereocenters. The number of hydrogen-bond acceptors (Lipinski definition) is 6. The summed E-state index contributed by atoms with van der Waals surface area (Å²) >= 11 is 0. The molecule has 196 valence electrons. The second-order valence-corrected chi connectivity index (χ2v) is 9.97. The largest absolute Gasteiger partial charge is 0.467 e. The van der Waals surface area contributed by atoms with Gasteiger partial charge in [-0.2, -0.15) is 0 Å². The fourth-order valence-corrected chi connectivity index (χ4v) is 3.41. The second-order valence-electron chi connectivity index (χ2n) is 9.97. The number of ether oxygens (including phenoxy) is 2. The summed E-state index contributed by atoms with van der Waals surface area (Å²) in [7, 11) is 1.21. The number of amides is 2. The summed E-state index contributed by atoms with van der Waals surface area (Å²) in [5, 5.41) is 5.27. The van der Waals surface area contributed by atoms with Crippen molar-refractivity contribution < 1.29 is 23.9 Å². The Kier molecular flexibility index (Phi) is 8.44. The van der Waals surface area contributed by atoms with Gasteiger partial charge in [-0.05, 0) is 82.9 Å². The molecule has 38 heavy (non-hydrogen) atoms. The lowest BCUT2D eigenvalue weighted by molar-refractivity contribution is -0.144. The SMILES string of the molecule is COC(=O)C(NC(=O)c1ccc(C#CC#Cc2ccc3nccn3c2)cc1)C(C)(C)NC(=O)OC(C)(C)C. The molecule has 3 rings (SSSR count). The van der Waals surface area contributed by atoms with Gasteiger partial charge in [0.15, 0.2) is 0 Å². The van der Waals surface area contributed by atoms with Crippen molar-refractivity contribution in [1.29, 1.82) is 0 Å². The first-order valence-corrected chi connectivity index (χ1v) is 11.8. The van der Waals surface area contributed by atoms with E-state index < -0.39 is 35.2 Å². The lowest BCUT2D eigenvalue weighted by Crippen LogP contribution is -2.62. The fraction of sp³-hybridized carbons (Fsp3) is 0.310. The highest BCUT2D eigenvalue weighted by Crippen LogP contribution is 2.15. The van der Waals surface area contributed by atoms with Gasteiger partial charge in [0.25, 0.3) is 5.91 Å². The van der Waals surface area contributed by atoms with Gasteiger partial charge in [-0.15, -0.1) is 0 Å². The Bertz CT molecular complexity index is 1460. The normalized spacial score (nSPS) is 11.7. The molecule has 9 heteroatoms. The van der Waals surface area contributed by atoms with Crippen molar-refractivity contribution in [2.24, 2.45) is 0 Å². The van der Waals surface area contributed by atoms with Gasteiger partial charge >= 0.3 is 12.1 Å². The number of fused-ring (bicyclic) bond motifs is 1. The first-order chi connectivity index (χ1) is 17.9. The second kappa shape index (κ2) is 11.5. The summed E-state index contributed by atoms with van der Waals surface area (Å²) in [6.07, 6.45) is 4.71. The van der Waals surface area contributed by atoms with Gasteiger partial charge in [0.05, 0.1) is 12.6 Å². The van der Waals surface area contributed by atoms with Crippen LogP contribution in [0.2, 0.25) is 0 Å². The molecular weight excluding hydrogens is 484 g/mol. The molecule has 0 fully saturated rings. The Labute approximate surface area is 221 Å². The standard InChI is InChI=1S/C29H30N4O5/c1-28(2,3)38-27(36)32-29(4,5)24(26(35)37-6)31-25(34)22-14-11-20(12-15-22)9-7-8-10-21-13-16-23-30-17-18-33(23)19-21/h11-19,24H,1-6H3,(H,31,34)(H,32,36). The van der Waals surface area contributed by atoms with Crippen LogP contribution in [0, 0.1) is 23.7 Å². The molecule has 0 aliphatic heterocycles. The lowest BCUT2D eigenvalue weighted by atomic mass is 9.94. The van der Waals surface area contributed by atoms with E-state index in [-0.39, 0.29) is 0 Å². The molecule has 1 unspecified atom stereocenters. The zero-order valence-electron chi connectivity index (χ0n) is 22.2. The highest BCUT2D eigenvalue weighted by atomic mass is 16.6. The average molecular weight is 515 g/mol. The summed E-state index contributed by atoms with van der Waals surface area (Å²) in [4.78, 5) is 41.9. The number of carbonyl (C=O) groups is 3. The van der Waals surface area contributed by atoms with Crippen molar-refractivity contribution in [3.05, 3.63) is 71.7 Å².